The van der Waals surface area contributed by atoms with Crippen LogP contribution in [-0.2, 0) is 4.79 Å². The van der Waals surface area contributed by atoms with E-state index < -0.39 is 0 Å². The van der Waals surface area contributed by atoms with Crippen molar-refractivity contribution in [2.75, 3.05) is 6.54 Å². The number of unbranched alkanes of at least 4 members (excludes halogenated alkanes) is 1. The number of benzene rings is 1. The van der Waals surface area contributed by atoms with Gasteiger partial charge in [-0.05, 0) is 56.6 Å². The molecule has 1 aromatic carbocycles. The lowest BCUT2D eigenvalue weighted by atomic mass is 9.82. The molecule has 0 unspecified atom stereocenters. The first-order valence-corrected chi connectivity index (χ1v) is 7.82. The molecule has 0 aromatic heterocycles. The zero-order valence-electron chi connectivity index (χ0n) is 12.2. The van der Waals surface area contributed by atoms with Crippen LogP contribution in [0.25, 0.3) is 0 Å². The van der Waals surface area contributed by atoms with Crippen molar-refractivity contribution in [2.24, 2.45) is 5.73 Å². The zero-order valence-corrected chi connectivity index (χ0v) is 12.2. The van der Waals surface area contributed by atoms with Crippen molar-refractivity contribution in [3.63, 3.8) is 0 Å². The number of rotatable bonds is 7. The molecule has 1 amide bonds. The maximum atomic E-state index is 10.6. The number of carbonyl (C=O) groups is 1. The highest BCUT2D eigenvalue weighted by Crippen LogP contribution is 2.32. The van der Waals surface area contributed by atoms with E-state index in [1.54, 1.807) is 0 Å². The fourth-order valence-corrected chi connectivity index (χ4v) is 3.09. The maximum Gasteiger partial charge on any atom is 0.217 e. The van der Waals surface area contributed by atoms with E-state index in [1.165, 1.54) is 31.2 Å². The van der Waals surface area contributed by atoms with E-state index in [0.717, 1.165) is 25.3 Å². The first-order valence-electron chi connectivity index (χ1n) is 7.82. The molecule has 3 nitrogen and oxygen atoms in total. The molecular weight excluding hydrogens is 248 g/mol. The van der Waals surface area contributed by atoms with Crippen LogP contribution in [0.1, 0.15) is 56.4 Å². The molecule has 1 aliphatic rings. The van der Waals surface area contributed by atoms with Crippen molar-refractivity contribution in [3.8, 4) is 0 Å². The lowest BCUT2D eigenvalue weighted by molar-refractivity contribution is -0.118. The van der Waals surface area contributed by atoms with E-state index in [4.69, 9.17) is 5.73 Å². The molecule has 0 atom stereocenters. The summed E-state index contributed by atoms with van der Waals surface area (Å²) in [6.07, 6.45) is 7.54. The van der Waals surface area contributed by atoms with Gasteiger partial charge in [-0.2, -0.15) is 0 Å². The topological polar surface area (TPSA) is 55.1 Å². The van der Waals surface area contributed by atoms with Gasteiger partial charge in [0.1, 0.15) is 0 Å². The molecule has 1 saturated carbocycles. The van der Waals surface area contributed by atoms with Gasteiger partial charge in [-0.1, -0.05) is 30.3 Å². The summed E-state index contributed by atoms with van der Waals surface area (Å²) < 4.78 is 0. The molecule has 2 rings (SSSR count). The second-order valence-corrected chi connectivity index (χ2v) is 5.84. The van der Waals surface area contributed by atoms with Crippen LogP contribution in [-0.4, -0.2) is 18.5 Å². The quantitative estimate of drug-likeness (QED) is 0.751. The molecule has 0 radical (unpaired) electrons. The van der Waals surface area contributed by atoms with Crippen LogP contribution in [0.4, 0.5) is 0 Å². The molecule has 0 bridgehead atoms. The molecule has 110 valence electrons. The van der Waals surface area contributed by atoms with Gasteiger partial charge >= 0.3 is 0 Å². The summed E-state index contributed by atoms with van der Waals surface area (Å²) in [7, 11) is 0. The lowest BCUT2D eigenvalue weighted by Gasteiger charge is -2.29. The predicted octanol–water partition coefficient (Wildman–Crippen LogP) is 2.96. The highest BCUT2D eigenvalue weighted by Gasteiger charge is 2.21. The summed E-state index contributed by atoms with van der Waals surface area (Å²) in [5, 5.41) is 3.62. The van der Waals surface area contributed by atoms with Crippen molar-refractivity contribution >= 4 is 5.91 Å². The molecule has 1 aromatic rings. The summed E-state index contributed by atoms with van der Waals surface area (Å²) in [5.74, 6) is 0.553. The monoisotopic (exact) mass is 274 g/mol. The minimum Gasteiger partial charge on any atom is -0.370 e. The van der Waals surface area contributed by atoms with Crippen LogP contribution in [0.15, 0.2) is 30.3 Å². The van der Waals surface area contributed by atoms with Gasteiger partial charge in [-0.3, -0.25) is 4.79 Å². The van der Waals surface area contributed by atoms with Crippen LogP contribution in [0.5, 0.6) is 0 Å². The fraction of sp³-hybridized carbons (Fsp3) is 0.588. The Hall–Kier alpha value is -1.35. The van der Waals surface area contributed by atoms with Crippen LogP contribution in [0.3, 0.4) is 0 Å². The number of hydrogen-bond acceptors (Lipinski definition) is 2. The molecule has 20 heavy (non-hydrogen) atoms. The molecular formula is C17H26N2O. The minimum absolute atomic E-state index is 0.187. The van der Waals surface area contributed by atoms with Gasteiger partial charge in [-0.15, -0.1) is 0 Å². The van der Waals surface area contributed by atoms with Crippen LogP contribution in [0.2, 0.25) is 0 Å². The van der Waals surface area contributed by atoms with Crippen molar-refractivity contribution < 1.29 is 4.79 Å². The molecule has 1 fully saturated rings. The molecule has 0 saturated heterocycles. The van der Waals surface area contributed by atoms with Crippen molar-refractivity contribution in [1.82, 2.24) is 5.32 Å². The van der Waals surface area contributed by atoms with Gasteiger partial charge in [0.2, 0.25) is 5.91 Å². The third-order valence-corrected chi connectivity index (χ3v) is 4.28. The average Bonchev–Trinajstić information content (AvgIpc) is 2.48. The molecule has 1 aliphatic carbocycles. The van der Waals surface area contributed by atoms with Crippen molar-refractivity contribution in [3.05, 3.63) is 35.9 Å². The Morgan fingerprint density at radius 3 is 2.45 bits per heavy atom. The highest BCUT2D eigenvalue weighted by molar-refractivity contribution is 5.73. The van der Waals surface area contributed by atoms with Gasteiger partial charge in [0.25, 0.3) is 0 Å². The fourth-order valence-electron chi connectivity index (χ4n) is 3.09. The first-order chi connectivity index (χ1) is 9.75. The number of nitrogens with one attached hydrogen (secondary N) is 1. The van der Waals surface area contributed by atoms with Crippen LogP contribution < -0.4 is 11.1 Å². The predicted molar refractivity (Wildman–Crippen MR) is 82.5 cm³/mol. The Labute approximate surface area is 121 Å². The normalized spacial score (nSPS) is 22.6. The summed E-state index contributed by atoms with van der Waals surface area (Å²) in [4.78, 5) is 10.6. The smallest absolute Gasteiger partial charge is 0.217 e. The average molecular weight is 274 g/mol. The number of primary amides is 1. The Kier molecular flexibility index (Phi) is 6.06. The van der Waals surface area contributed by atoms with Crippen LogP contribution in [0, 0.1) is 0 Å². The number of carbonyl (C=O) groups excluding carboxylic acids is 1. The molecule has 0 spiro atoms. The highest BCUT2D eigenvalue weighted by atomic mass is 16.1. The Morgan fingerprint density at radius 2 is 1.80 bits per heavy atom. The van der Waals surface area contributed by atoms with Crippen molar-refractivity contribution in [1.29, 1.82) is 0 Å². The summed E-state index contributed by atoms with van der Waals surface area (Å²) in [6, 6.07) is 11.5. The summed E-state index contributed by atoms with van der Waals surface area (Å²) in [5.41, 5.74) is 6.62. The van der Waals surface area contributed by atoms with Crippen LogP contribution >= 0.6 is 0 Å². The Bertz CT molecular complexity index is 397. The second kappa shape index (κ2) is 8.05. The number of nitrogens with two attached hydrogens (primary N) is 1. The standard InChI is InChI=1S/C17H26N2O/c18-17(20)8-4-5-13-19-16-11-9-15(10-12-16)14-6-2-1-3-7-14/h1-3,6-7,15-16,19H,4-5,8-13H2,(H2,18,20). The summed E-state index contributed by atoms with van der Waals surface area (Å²) >= 11 is 0. The molecule has 0 aliphatic heterocycles. The second-order valence-electron chi connectivity index (χ2n) is 5.84. The van der Waals surface area contributed by atoms with E-state index in [0.29, 0.717) is 12.5 Å². The van der Waals surface area contributed by atoms with E-state index >= 15 is 0 Å². The maximum absolute atomic E-state index is 10.6. The molecule has 0 heterocycles. The number of amides is 1. The third kappa shape index (κ3) is 4.97. The van der Waals surface area contributed by atoms with E-state index in [2.05, 4.69) is 35.6 Å². The van der Waals surface area contributed by atoms with Gasteiger partial charge in [0, 0.05) is 12.5 Å². The van der Waals surface area contributed by atoms with Gasteiger partial charge < -0.3 is 11.1 Å². The molecule has 3 N–H and O–H groups in total. The van der Waals surface area contributed by atoms with Crippen molar-refractivity contribution in [2.45, 2.75) is 56.9 Å². The lowest BCUT2D eigenvalue weighted by Crippen LogP contribution is -2.33. The summed E-state index contributed by atoms with van der Waals surface area (Å²) in [6.45, 7) is 1.01. The first kappa shape index (κ1) is 15.0. The van der Waals surface area contributed by atoms with Gasteiger partial charge in [0.05, 0.1) is 0 Å². The Balaban J connectivity index is 1.61. The third-order valence-electron chi connectivity index (χ3n) is 4.28. The van der Waals surface area contributed by atoms with Gasteiger partial charge in [-0.25, -0.2) is 0 Å². The minimum atomic E-state index is -0.187. The Morgan fingerprint density at radius 1 is 1.10 bits per heavy atom. The SMILES string of the molecule is NC(=O)CCCCNC1CCC(c2ccccc2)CC1. The number of hydrogen-bond donors (Lipinski definition) is 2. The zero-order chi connectivity index (χ0) is 14.2. The van der Waals surface area contributed by atoms with E-state index in [-0.39, 0.29) is 5.91 Å². The van der Waals surface area contributed by atoms with E-state index in [9.17, 15) is 4.79 Å². The molecule has 3 heteroatoms. The van der Waals surface area contributed by atoms with E-state index in [1.807, 2.05) is 0 Å². The largest absolute Gasteiger partial charge is 0.370 e. The van der Waals surface area contributed by atoms with Gasteiger partial charge in [0.15, 0.2) is 0 Å².